The molecule has 1 aliphatic heterocycles. The Balaban J connectivity index is 1.69. The second-order valence-electron chi connectivity index (χ2n) is 5.57. The van der Waals surface area contributed by atoms with E-state index in [2.05, 4.69) is 30.8 Å². The van der Waals surface area contributed by atoms with E-state index >= 15 is 0 Å². The van der Waals surface area contributed by atoms with E-state index in [1.165, 1.54) is 0 Å². The predicted octanol–water partition coefficient (Wildman–Crippen LogP) is 2.52. The maximum absolute atomic E-state index is 12.7. The van der Waals surface area contributed by atoms with Crippen molar-refractivity contribution < 1.29 is 9.53 Å². The number of anilines is 1. The number of benzene rings is 1. The van der Waals surface area contributed by atoms with Gasteiger partial charge >= 0.3 is 0 Å². The summed E-state index contributed by atoms with van der Waals surface area (Å²) < 4.78 is 6.04. The number of rotatable bonds is 3. The largest absolute Gasteiger partial charge is 0.481 e. The number of piperazine rings is 1. The molecule has 1 saturated heterocycles. The maximum Gasteiger partial charge on any atom is 0.255 e. The van der Waals surface area contributed by atoms with Crippen LogP contribution in [0.4, 0.5) is 5.82 Å². The van der Waals surface area contributed by atoms with Gasteiger partial charge in [-0.15, -0.1) is 0 Å². The Morgan fingerprint density at radius 3 is 2.54 bits per heavy atom. The molecule has 126 valence electrons. The smallest absolute Gasteiger partial charge is 0.255 e. The molecular formula is C17H19BrN4O2. The molecule has 1 aromatic carbocycles. The Morgan fingerprint density at radius 1 is 1.17 bits per heavy atom. The van der Waals surface area contributed by atoms with Gasteiger partial charge in [0.25, 0.3) is 5.91 Å². The summed E-state index contributed by atoms with van der Waals surface area (Å²) in [6.07, 6.45) is 0. The van der Waals surface area contributed by atoms with Gasteiger partial charge < -0.3 is 14.5 Å². The number of nitrogens with zero attached hydrogens (tertiary/aromatic N) is 4. The first-order chi connectivity index (χ1) is 11.6. The number of carbonyl (C=O) groups excluding carboxylic acids is 1. The molecule has 1 aromatic heterocycles. The van der Waals surface area contributed by atoms with Crippen molar-refractivity contribution in [2.24, 2.45) is 0 Å². The van der Waals surface area contributed by atoms with Crippen LogP contribution < -0.4 is 9.64 Å². The Kier molecular flexibility index (Phi) is 4.99. The third-order valence-corrected chi connectivity index (χ3v) is 4.70. The zero-order chi connectivity index (χ0) is 17.1. The summed E-state index contributed by atoms with van der Waals surface area (Å²) in [5, 5.41) is 0. The minimum absolute atomic E-state index is 0.0542. The van der Waals surface area contributed by atoms with Gasteiger partial charge in [0, 0.05) is 36.7 Å². The van der Waals surface area contributed by atoms with E-state index < -0.39 is 0 Å². The van der Waals surface area contributed by atoms with Crippen molar-refractivity contribution in [2.75, 3.05) is 38.2 Å². The summed E-state index contributed by atoms with van der Waals surface area (Å²) in [6, 6.07) is 9.35. The van der Waals surface area contributed by atoms with Gasteiger partial charge in [-0.25, -0.2) is 4.98 Å². The number of ether oxygens (including phenoxy) is 1. The molecular weight excluding hydrogens is 372 g/mol. The van der Waals surface area contributed by atoms with Gasteiger partial charge in [0.1, 0.15) is 11.6 Å². The lowest BCUT2D eigenvalue weighted by Crippen LogP contribution is -2.49. The highest BCUT2D eigenvalue weighted by molar-refractivity contribution is 9.10. The lowest BCUT2D eigenvalue weighted by Gasteiger charge is -2.35. The molecule has 0 spiro atoms. The van der Waals surface area contributed by atoms with Crippen molar-refractivity contribution in [2.45, 2.75) is 6.92 Å². The Labute approximate surface area is 149 Å². The lowest BCUT2D eigenvalue weighted by atomic mass is 10.2. The summed E-state index contributed by atoms with van der Waals surface area (Å²) in [5.74, 6) is 2.13. The molecule has 0 radical (unpaired) electrons. The van der Waals surface area contributed by atoms with Crippen LogP contribution in [-0.4, -0.2) is 54.1 Å². The average Bonchev–Trinajstić information content (AvgIpc) is 2.61. The maximum atomic E-state index is 12.7. The van der Waals surface area contributed by atoms with Crippen LogP contribution in [-0.2, 0) is 0 Å². The summed E-state index contributed by atoms with van der Waals surface area (Å²) in [4.78, 5) is 25.4. The molecule has 2 aromatic rings. The molecule has 0 bridgehead atoms. The summed E-state index contributed by atoms with van der Waals surface area (Å²) in [6.45, 7) is 4.63. The lowest BCUT2D eigenvalue weighted by molar-refractivity contribution is 0.0745. The first-order valence-electron chi connectivity index (χ1n) is 7.77. The number of hydrogen-bond donors (Lipinski definition) is 0. The van der Waals surface area contributed by atoms with Crippen LogP contribution in [0.2, 0.25) is 0 Å². The number of halogens is 1. The highest BCUT2D eigenvalue weighted by atomic mass is 79.9. The summed E-state index contributed by atoms with van der Waals surface area (Å²) in [5.41, 5.74) is 0.700. The van der Waals surface area contributed by atoms with Crippen molar-refractivity contribution in [1.82, 2.24) is 14.9 Å². The van der Waals surface area contributed by atoms with Crippen molar-refractivity contribution in [3.8, 4) is 5.88 Å². The molecule has 0 unspecified atom stereocenters. The van der Waals surface area contributed by atoms with E-state index in [-0.39, 0.29) is 5.91 Å². The second-order valence-corrected chi connectivity index (χ2v) is 6.43. The third kappa shape index (κ3) is 3.51. The highest BCUT2D eigenvalue weighted by Crippen LogP contribution is 2.21. The molecule has 1 aliphatic rings. The highest BCUT2D eigenvalue weighted by Gasteiger charge is 2.24. The Morgan fingerprint density at radius 2 is 1.88 bits per heavy atom. The fourth-order valence-corrected chi connectivity index (χ4v) is 3.19. The van der Waals surface area contributed by atoms with Crippen LogP contribution in [0.25, 0.3) is 0 Å². The van der Waals surface area contributed by atoms with Crippen LogP contribution in [0.5, 0.6) is 5.88 Å². The SMILES string of the molecule is COc1cc(N2CCN(C(=O)c3ccccc3Br)CC2)nc(C)n1. The van der Waals surface area contributed by atoms with E-state index in [9.17, 15) is 4.79 Å². The molecule has 6 nitrogen and oxygen atoms in total. The van der Waals surface area contributed by atoms with Crippen LogP contribution in [0.15, 0.2) is 34.8 Å². The molecule has 0 saturated carbocycles. The third-order valence-electron chi connectivity index (χ3n) is 4.01. The van der Waals surface area contributed by atoms with Gasteiger partial charge in [-0.3, -0.25) is 4.79 Å². The van der Waals surface area contributed by atoms with E-state index in [4.69, 9.17) is 4.74 Å². The number of amides is 1. The average molecular weight is 391 g/mol. The number of carbonyl (C=O) groups is 1. The second kappa shape index (κ2) is 7.17. The normalized spacial score (nSPS) is 14.6. The molecule has 0 N–H and O–H groups in total. The van der Waals surface area contributed by atoms with Gasteiger partial charge in [-0.05, 0) is 35.0 Å². The van der Waals surface area contributed by atoms with Gasteiger partial charge in [0.2, 0.25) is 5.88 Å². The van der Waals surface area contributed by atoms with Crippen LogP contribution in [0.3, 0.4) is 0 Å². The van der Waals surface area contributed by atoms with Crippen molar-refractivity contribution in [3.05, 3.63) is 46.2 Å². The van der Waals surface area contributed by atoms with E-state index in [0.29, 0.717) is 30.4 Å². The van der Waals surface area contributed by atoms with Gasteiger partial charge in [-0.1, -0.05) is 12.1 Å². The molecule has 1 amide bonds. The van der Waals surface area contributed by atoms with E-state index in [1.54, 1.807) is 7.11 Å². The first-order valence-corrected chi connectivity index (χ1v) is 8.56. The van der Waals surface area contributed by atoms with Gasteiger partial charge in [0.15, 0.2) is 0 Å². The molecule has 3 rings (SSSR count). The molecule has 0 aliphatic carbocycles. The zero-order valence-electron chi connectivity index (χ0n) is 13.7. The van der Waals surface area contributed by atoms with Crippen molar-refractivity contribution in [1.29, 1.82) is 0 Å². The molecule has 0 atom stereocenters. The standard InChI is InChI=1S/C17H19BrN4O2/c1-12-19-15(11-16(20-12)24-2)21-7-9-22(10-8-21)17(23)13-5-3-4-6-14(13)18/h3-6,11H,7-10H2,1-2H3. The van der Waals surface area contributed by atoms with Crippen LogP contribution >= 0.6 is 15.9 Å². The first kappa shape index (κ1) is 16.7. The number of hydrogen-bond acceptors (Lipinski definition) is 5. The molecule has 24 heavy (non-hydrogen) atoms. The minimum atomic E-state index is 0.0542. The van der Waals surface area contributed by atoms with E-state index in [1.807, 2.05) is 42.2 Å². The predicted molar refractivity (Wildman–Crippen MR) is 95.6 cm³/mol. The number of aryl methyl sites for hydroxylation is 1. The van der Waals surface area contributed by atoms with Gasteiger partial charge in [-0.2, -0.15) is 4.98 Å². The zero-order valence-corrected chi connectivity index (χ0v) is 15.3. The number of methoxy groups -OCH3 is 1. The minimum Gasteiger partial charge on any atom is -0.481 e. The number of aromatic nitrogens is 2. The monoisotopic (exact) mass is 390 g/mol. The summed E-state index contributed by atoms with van der Waals surface area (Å²) >= 11 is 3.45. The van der Waals surface area contributed by atoms with Gasteiger partial charge in [0.05, 0.1) is 12.7 Å². The molecule has 2 heterocycles. The van der Waals surface area contributed by atoms with Crippen LogP contribution in [0.1, 0.15) is 16.2 Å². The molecule has 7 heteroatoms. The van der Waals surface area contributed by atoms with Crippen molar-refractivity contribution in [3.63, 3.8) is 0 Å². The van der Waals surface area contributed by atoms with Crippen LogP contribution in [0, 0.1) is 6.92 Å². The van der Waals surface area contributed by atoms with Crippen molar-refractivity contribution >= 4 is 27.7 Å². The summed E-state index contributed by atoms with van der Waals surface area (Å²) in [7, 11) is 1.60. The Hall–Kier alpha value is -2.15. The fourth-order valence-electron chi connectivity index (χ4n) is 2.74. The Bertz CT molecular complexity index is 745. The van der Waals surface area contributed by atoms with E-state index in [0.717, 1.165) is 23.4 Å². The fraction of sp³-hybridized carbons (Fsp3) is 0.353. The molecule has 1 fully saturated rings. The quantitative estimate of drug-likeness (QED) is 0.805. The topological polar surface area (TPSA) is 58.6 Å².